The van der Waals surface area contributed by atoms with Gasteiger partial charge >= 0.3 is 11.9 Å². The number of allylic oxidation sites excluding steroid dienone is 8. The quantitative estimate of drug-likeness (QED) is 0.0460. The first-order chi connectivity index (χ1) is 21.5. The van der Waals surface area contributed by atoms with Gasteiger partial charge < -0.3 is 15.2 Å². The lowest BCUT2D eigenvalue weighted by Crippen LogP contribution is -2.28. The summed E-state index contributed by atoms with van der Waals surface area (Å²) in [5.41, 5.74) is 0. The molecule has 1 unspecified atom stereocenters. The van der Waals surface area contributed by atoms with Gasteiger partial charge in [0, 0.05) is 12.8 Å². The lowest BCUT2D eigenvalue weighted by Gasteiger charge is -2.18. The van der Waals surface area contributed by atoms with Crippen LogP contribution in [0.15, 0.2) is 48.6 Å². The van der Waals surface area contributed by atoms with Crippen molar-refractivity contribution in [1.29, 1.82) is 0 Å². The zero-order valence-corrected chi connectivity index (χ0v) is 28.2. The topological polar surface area (TPSA) is 92.7 Å². The summed E-state index contributed by atoms with van der Waals surface area (Å²) in [4.78, 5) is 34.7. The maximum absolute atomic E-state index is 12.6. The average molecular weight is 616 g/mol. The minimum atomic E-state index is -1.02. The van der Waals surface area contributed by atoms with Crippen LogP contribution in [-0.4, -0.2) is 35.6 Å². The van der Waals surface area contributed by atoms with Gasteiger partial charge in [-0.2, -0.15) is 0 Å². The number of ether oxygens (including phenoxy) is 1. The van der Waals surface area contributed by atoms with E-state index >= 15 is 0 Å². The Balaban J connectivity index is 4.28. The first-order valence-corrected chi connectivity index (χ1v) is 17.8. The van der Waals surface area contributed by atoms with Crippen molar-refractivity contribution >= 4 is 17.8 Å². The smallest absolute Gasteiger partial charge is 0.322 e. The largest absolute Gasteiger partial charge is 0.480 e. The fourth-order valence-electron chi connectivity index (χ4n) is 4.92. The van der Waals surface area contributed by atoms with E-state index in [4.69, 9.17) is 9.84 Å². The molecular weight excluding hydrogens is 550 g/mol. The van der Waals surface area contributed by atoms with Gasteiger partial charge in [-0.25, -0.2) is 0 Å². The molecule has 1 amide bonds. The highest BCUT2D eigenvalue weighted by Crippen LogP contribution is 2.18. The minimum absolute atomic E-state index is 0.00807. The second-order valence-corrected chi connectivity index (χ2v) is 11.7. The molecule has 0 radical (unpaired) electrons. The monoisotopic (exact) mass is 615 g/mol. The van der Waals surface area contributed by atoms with E-state index < -0.39 is 5.97 Å². The molecule has 0 spiro atoms. The molecule has 0 fully saturated rings. The second-order valence-electron chi connectivity index (χ2n) is 11.7. The number of unbranched alkanes of at least 4 members (excludes halogenated alkanes) is 12. The SMILES string of the molecule is CC/C=C\C/C=C\C/C=C\C/C=C\CCCCC(CCCCCCCC(=O)NCC(=O)O)OC(=O)CCCCCCCCC. The maximum Gasteiger partial charge on any atom is 0.322 e. The van der Waals surface area contributed by atoms with Crippen molar-refractivity contribution in [2.75, 3.05) is 6.54 Å². The lowest BCUT2D eigenvalue weighted by atomic mass is 10.0. The Hall–Kier alpha value is -2.63. The van der Waals surface area contributed by atoms with E-state index in [2.05, 4.69) is 67.8 Å². The number of carboxylic acids is 1. The van der Waals surface area contributed by atoms with Crippen LogP contribution < -0.4 is 5.32 Å². The lowest BCUT2D eigenvalue weighted by molar-refractivity contribution is -0.150. The van der Waals surface area contributed by atoms with Crippen LogP contribution in [0.4, 0.5) is 0 Å². The number of rotatable bonds is 31. The fraction of sp³-hybridized carbons (Fsp3) is 0.711. The zero-order valence-electron chi connectivity index (χ0n) is 28.2. The highest BCUT2D eigenvalue weighted by molar-refractivity contribution is 5.80. The normalized spacial score (nSPS) is 12.6. The van der Waals surface area contributed by atoms with Crippen molar-refractivity contribution in [3.05, 3.63) is 48.6 Å². The molecule has 0 aliphatic carbocycles. The molecule has 0 heterocycles. The summed E-state index contributed by atoms with van der Waals surface area (Å²) in [7, 11) is 0. The number of hydrogen-bond donors (Lipinski definition) is 2. The number of aliphatic carboxylic acids is 1. The van der Waals surface area contributed by atoms with Crippen LogP contribution >= 0.6 is 0 Å². The highest BCUT2D eigenvalue weighted by Gasteiger charge is 2.14. The minimum Gasteiger partial charge on any atom is -0.480 e. The summed E-state index contributed by atoms with van der Waals surface area (Å²) in [6.45, 7) is 4.06. The highest BCUT2D eigenvalue weighted by atomic mass is 16.5. The Labute approximate surface area is 269 Å². The van der Waals surface area contributed by atoms with E-state index in [-0.39, 0.29) is 24.5 Å². The Kier molecular flexibility index (Phi) is 31.3. The summed E-state index contributed by atoms with van der Waals surface area (Å²) >= 11 is 0. The van der Waals surface area contributed by atoms with Crippen LogP contribution in [0.1, 0.15) is 162 Å². The van der Waals surface area contributed by atoms with Gasteiger partial charge in [0.25, 0.3) is 0 Å². The number of esters is 1. The molecule has 2 N–H and O–H groups in total. The fourth-order valence-corrected chi connectivity index (χ4v) is 4.92. The van der Waals surface area contributed by atoms with E-state index in [0.717, 1.165) is 103 Å². The van der Waals surface area contributed by atoms with E-state index in [1.807, 2.05) is 0 Å². The van der Waals surface area contributed by atoms with Crippen LogP contribution in [-0.2, 0) is 19.1 Å². The third-order valence-electron chi connectivity index (χ3n) is 7.52. The molecule has 0 aliphatic rings. The van der Waals surface area contributed by atoms with Gasteiger partial charge in [-0.15, -0.1) is 0 Å². The number of carbonyl (C=O) groups is 3. The number of carboxylic acid groups (broad SMARTS) is 1. The number of nitrogens with one attached hydrogen (secondary N) is 1. The molecule has 0 aromatic rings. The van der Waals surface area contributed by atoms with Crippen molar-refractivity contribution in [2.45, 2.75) is 168 Å². The predicted octanol–water partition coefficient (Wildman–Crippen LogP) is 10.3. The van der Waals surface area contributed by atoms with Gasteiger partial charge in [-0.05, 0) is 77.0 Å². The summed E-state index contributed by atoms with van der Waals surface area (Å²) in [6.07, 6.45) is 40.8. The molecule has 0 bridgehead atoms. The molecule has 0 saturated carbocycles. The van der Waals surface area contributed by atoms with Crippen LogP contribution in [0.3, 0.4) is 0 Å². The summed E-state index contributed by atoms with van der Waals surface area (Å²) in [5.74, 6) is -1.27. The van der Waals surface area contributed by atoms with E-state index in [1.54, 1.807) is 0 Å². The molecule has 0 aromatic carbocycles. The van der Waals surface area contributed by atoms with E-state index in [1.165, 1.54) is 32.1 Å². The van der Waals surface area contributed by atoms with Gasteiger partial charge in [-0.3, -0.25) is 14.4 Å². The maximum atomic E-state index is 12.6. The third kappa shape index (κ3) is 32.3. The molecule has 0 aromatic heterocycles. The standard InChI is InChI=1S/C38H65NO5/c1-3-5-7-9-11-12-13-14-15-16-17-18-20-22-26-30-35(44-38(43)33-29-25-19-10-8-6-4-2)31-27-23-21-24-28-32-36(40)39-34-37(41)42/h5,7,11-12,14-15,17-18,35H,3-4,6,8-10,13,16,19-34H2,1-2H3,(H,39,40)(H,41,42)/b7-5-,12-11-,15-14-,18-17-. The molecule has 252 valence electrons. The average Bonchev–Trinajstić information content (AvgIpc) is 3.00. The summed E-state index contributed by atoms with van der Waals surface area (Å²) in [6, 6.07) is 0. The first-order valence-electron chi connectivity index (χ1n) is 17.8. The summed E-state index contributed by atoms with van der Waals surface area (Å²) in [5, 5.41) is 11.0. The van der Waals surface area contributed by atoms with Gasteiger partial charge in [0.15, 0.2) is 0 Å². The molecule has 0 rings (SSSR count). The van der Waals surface area contributed by atoms with Crippen molar-refractivity contribution in [3.63, 3.8) is 0 Å². The van der Waals surface area contributed by atoms with Crippen molar-refractivity contribution in [3.8, 4) is 0 Å². The molecular formula is C38H65NO5. The van der Waals surface area contributed by atoms with Crippen LogP contribution in [0.2, 0.25) is 0 Å². The van der Waals surface area contributed by atoms with Crippen LogP contribution in [0, 0.1) is 0 Å². The van der Waals surface area contributed by atoms with Crippen molar-refractivity contribution in [1.82, 2.24) is 5.32 Å². The molecule has 0 aliphatic heterocycles. The molecule has 44 heavy (non-hydrogen) atoms. The van der Waals surface area contributed by atoms with Gasteiger partial charge in [0.2, 0.25) is 5.91 Å². The van der Waals surface area contributed by atoms with Gasteiger partial charge in [0.1, 0.15) is 12.6 Å². The number of hydrogen-bond acceptors (Lipinski definition) is 4. The Bertz CT molecular complexity index is 814. The number of amides is 1. The Morgan fingerprint density at radius 3 is 1.70 bits per heavy atom. The predicted molar refractivity (Wildman–Crippen MR) is 185 cm³/mol. The molecule has 0 saturated heterocycles. The van der Waals surface area contributed by atoms with Crippen molar-refractivity contribution in [2.24, 2.45) is 0 Å². The number of carbonyl (C=O) groups excluding carboxylic acids is 2. The zero-order chi connectivity index (χ0) is 32.4. The second kappa shape index (κ2) is 33.3. The van der Waals surface area contributed by atoms with E-state index in [9.17, 15) is 14.4 Å². The van der Waals surface area contributed by atoms with Crippen LogP contribution in [0.25, 0.3) is 0 Å². The Morgan fingerprint density at radius 2 is 1.11 bits per heavy atom. The molecule has 1 atom stereocenters. The third-order valence-corrected chi connectivity index (χ3v) is 7.52. The van der Waals surface area contributed by atoms with Crippen LogP contribution in [0.5, 0.6) is 0 Å². The summed E-state index contributed by atoms with van der Waals surface area (Å²) < 4.78 is 5.94. The molecule has 6 heteroatoms. The first kappa shape index (κ1) is 41.4. The molecule has 6 nitrogen and oxygen atoms in total. The van der Waals surface area contributed by atoms with Gasteiger partial charge in [0.05, 0.1) is 0 Å². The van der Waals surface area contributed by atoms with E-state index in [0.29, 0.717) is 12.8 Å². The Morgan fingerprint density at radius 1 is 0.614 bits per heavy atom. The van der Waals surface area contributed by atoms with Crippen molar-refractivity contribution < 1.29 is 24.2 Å². The van der Waals surface area contributed by atoms with Gasteiger partial charge in [-0.1, -0.05) is 120 Å².